The van der Waals surface area contributed by atoms with Gasteiger partial charge in [0.15, 0.2) is 5.88 Å². The molecular formula is C11H20NO4P. The third-order valence-electron chi connectivity index (χ3n) is 2.10. The number of rotatable bonds is 8. The summed E-state index contributed by atoms with van der Waals surface area (Å²) >= 11 is 0. The molecule has 0 aliphatic heterocycles. The molecule has 1 rings (SSSR count). The van der Waals surface area contributed by atoms with Crippen LogP contribution >= 0.6 is 7.60 Å². The fourth-order valence-corrected chi connectivity index (χ4v) is 3.22. The molecule has 0 aliphatic carbocycles. The molecule has 1 aromatic rings. The molecule has 1 N–H and O–H groups in total. The average molecular weight is 261 g/mol. The smallest absolute Gasteiger partial charge is 0.335 e. The first-order valence-corrected chi connectivity index (χ1v) is 7.56. The third-order valence-corrected chi connectivity index (χ3v) is 4.13. The highest BCUT2D eigenvalue weighted by atomic mass is 31.2. The highest BCUT2D eigenvalue weighted by Crippen LogP contribution is 2.52. The zero-order valence-electron chi connectivity index (χ0n) is 10.6. The van der Waals surface area contributed by atoms with Gasteiger partial charge in [0.05, 0.1) is 25.6 Å². The Labute approximate surface area is 102 Å². The maximum absolute atomic E-state index is 12.3. The van der Waals surface area contributed by atoms with Crippen molar-refractivity contribution in [3.05, 3.63) is 17.9 Å². The summed E-state index contributed by atoms with van der Waals surface area (Å²) in [5.41, 5.74) is 0.817. The van der Waals surface area contributed by atoms with Crippen LogP contribution in [-0.4, -0.2) is 19.8 Å². The lowest BCUT2D eigenvalue weighted by Gasteiger charge is -2.16. The molecule has 98 valence electrons. The fourth-order valence-electron chi connectivity index (χ4n) is 1.51. The molecule has 0 atom stereocenters. The summed E-state index contributed by atoms with van der Waals surface area (Å²) in [6, 6.07) is 1.78. The summed E-state index contributed by atoms with van der Waals surface area (Å²) in [4.78, 5) is 0. The van der Waals surface area contributed by atoms with Crippen LogP contribution in [0.15, 0.2) is 16.7 Å². The molecule has 17 heavy (non-hydrogen) atoms. The van der Waals surface area contributed by atoms with Crippen LogP contribution in [0, 0.1) is 0 Å². The lowest BCUT2D eigenvalue weighted by Crippen LogP contribution is -2.02. The van der Waals surface area contributed by atoms with Crippen molar-refractivity contribution in [2.75, 3.05) is 25.1 Å². The number of furan rings is 1. The van der Waals surface area contributed by atoms with E-state index in [0.717, 1.165) is 12.1 Å². The van der Waals surface area contributed by atoms with Gasteiger partial charge in [-0.15, -0.1) is 0 Å². The highest BCUT2D eigenvalue weighted by molar-refractivity contribution is 7.53. The first-order chi connectivity index (χ1) is 8.15. The second-order valence-corrected chi connectivity index (χ2v) is 5.46. The van der Waals surface area contributed by atoms with E-state index in [4.69, 9.17) is 13.5 Å². The molecule has 0 fully saturated rings. The van der Waals surface area contributed by atoms with E-state index in [1.165, 1.54) is 0 Å². The van der Waals surface area contributed by atoms with Crippen molar-refractivity contribution in [2.24, 2.45) is 0 Å². The van der Waals surface area contributed by atoms with E-state index < -0.39 is 7.60 Å². The Morgan fingerprint density at radius 1 is 1.29 bits per heavy atom. The quantitative estimate of drug-likeness (QED) is 0.726. The third kappa shape index (κ3) is 4.19. The molecule has 5 nitrogen and oxygen atoms in total. The van der Waals surface area contributed by atoms with Crippen LogP contribution in [0.2, 0.25) is 0 Å². The summed E-state index contributed by atoms with van der Waals surface area (Å²) in [5, 5.41) is 3.06. The summed E-state index contributed by atoms with van der Waals surface area (Å²) in [6.45, 7) is 7.04. The lowest BCUT2D eigenvalue weighted by molar-refractivity contribution is 0.219. The highest BCUT2D eigenvalue weighted by Gasteiger charge is 2.26. The van der Waals surface area contributed by atoms with E-state index in [2.05, 4.69) is 5.32 Å². The Kier molecular flexibility index (Phi) is 5.75. The molecule has 0 aliphatic rings. The van der Waals surface area contributed by atoms with E-state index in [0.29, 0.717) is 19.1 Å². The average Bonchev–Trinajstić information content (AvgIpc) is 2.66. The predicted molar refractivity (Wildman–Crippen MR) is 67.4 cm³/mol. The van der Waals surface area contributed by atoms with Crippen LogP contribution < -0.4 is 5.32 Å². The predicted octanol–water partition coefficient (Wildman–Crippen LogP) is 3.48. The second-order valence-electron chi connectivity index (χ2n) is 3.41. The molecule has 0 radical (unpaired) electrons. The minimum atomic E-state index is -3.06. The van der Waals surface area contributed by atoms with Crippen molar-refractivity contribution in [1.82, 2.24) is 0 Å². The molecule has 0 aromatic carbocycles. The van der Waals surface area contributed by atoms with Gasteiger partial charge in [-0.1, -0.05) is 0 Å². The van der Waals surface area contributed by atoms with Gasteiger partial charge >= 0.3 is 7.60 Å². The first-order valence-electron chi connectivity index (χ1n) is 5.83. The van der Waals surface area contributed by atoms with Gasteiger partial charge in [0.25, 0.3) is 0 Å². The summed E-state index contributed by atoms with van der Waals surface area (Å²) in [5.74, 6) is 0.632. The normalized spacial score (nSPS) is 11.7. The van der Waals surface area contributed by atoms with Gasteiger partial charge in [0.2, 0.25) is 0 Å². The van der Waals surface area contributed by atoms with E-state index in [-0.39, 0.29) is 6.16 Å². The molecule has 1 aromatic heterocycles. The number of hydrogen-bond donors (Lipinski definition) is 1. The van der Waals surface area contributed by atoms with Crippen LogP contribution in [-0.2, 0) is 19.8 Å². The minimum absolute atomic E-state index is 0.230. The molecule has 0 amide bonds. The van der Waals surface area contributed by atoms with Crippen molar-refractivity contribution in [2.45, 2.75) is 26.9 Å². The molecular weight excluding hydrogens is 241 g/mol. The van der Waals surface area contributed by atoms with E-state index in [9.17, 15) is 4.57 Å². The van der Waals surface area contributed by atoms with Gasteiger partial charge in [-0.25, -0.2) is 0 Å². The summed E-state index contributed by atoms with van der Waals surface area (Å²) in [6.07, 6.45) is 1.79. The van der Waals surface area contributed by atoms with Crippen molar-refractivity contribution >= 4 is 13.5 Å². The van der Waals surface area contributed by atoms with Crippen molar-refractivity contribution < 1.29 is 18.0 Å². The van der Waals surface area contributed by atoms with Gasteiger partial charge in [-0.05, 0) is 26.8 Å². The topological polar surface area (TPSA) is 60.7 Å². The minimum Gasteiger partial charge on any atom is -0.449 e. The second kappa shape index (κ2) is 6.84. The Hall–Kier alpha value is -0.770. The maximum atomic E-state index is 12.3. The van der Waals surface area contributed by atoms with Crippen molar-refractivity contribution in [3.63, 3.8) is 0 Å². The van der Waals surface area contributed by atoms with E-state index in [1.54, 1.807) is 26.2 Å². The number of hydrogen-bond acceptors (Lipinski definition) is 5. The molecule has 0 saturated heterocycles. The monoisotopic (exact) mass is 261 g/mol. The Balaban J connectivity index is 2.78. The zero-order chi connectivity index (χ0) is 12.7. The van der Waals surface area contributed by atoms with E-state index >= 15 is 0 Å². The standard InChI is InChI=1S/C11H20NO4P/c1-4-12-11-10(7-8-14-11)9-17(13,15-5-2)16-6-3/h7-8,12H,4-6,9H2,1-3H3. The Morgan fingerprint density at radius 3 is 2.47 bits per heavy atom. The molecule has 1 heterocycles. The summed E-state index contributed by atoms with van der Waals surface area (Å²) < 4.78 is 28.1. The van der Waals surface area contributed by atoms with Crippen molar-refractivity contribution in [3.8, 4) is 0 Å². The van der Waals surface area contributed by atoms with Crippen molar-refractivity contribution in [1.29, 1.82) is 0 Å². The Morgan fingerprint density at radius 2 is 1.94 bits per heavy atom. The SMILES string of the molecule is CCNc1occc1CP(=O)(OCC)OCC. The zero-order valence-corrected chi connectivity index (χ0v) is 11.5. The van der Waals surface area contributed by atoms with Crippen LogP contribution in [0.25, 0.3) is 0 Å². The van der Waals surface area contributed by atoms with Gasteiger partial charge in [-0.2, -0.15) is 0 Å². The van der Waals surface area contributed by atoms with Gasteiger partial charge in [0.1, 0.15) is 0 Å². The first kappa shape index (κ1) is 14.3. The fraction of sp³-hybridized carbons (Fsp3) is 0.636. The summed E-state index contributed by atoms with van der Waals surface area (Å²) in [7, 11) is -3.06. The molecule has 0 spiro atoms. The van der Waals surface area contributed by atoms with Crippen LogP contribution in [0.1, 0.15) is 26.3 Å². The Bertz CT molecular complexity index is 367. The van der Waals surface area contributed by atoms with Crippen LogP contribution in [0.5, 0.6) is 0 Å². The molecule has 0 bridgehead atoms. The van der Waals surface area contributed by atoms with Crippen LogP contribution in [0.3, 0.4) is 0 Å². The maximum Gasteiger partial charge on any atom is 0.335 e. The van der Waals surface area contributed by atoms with Gasteiger partial charge in [0, 0.05) is 12.1 Å². The molecule has 6 heteroatoms. The number of nitrogens with one attached hydrogen (secondary N) is 1. The van der Waals surface area contributed by atoms with E-state index in [1.807, 2.05) is 6.92 Å². The number of anilines is 1. The molecule has 0 saturated carbocycles. The van der Waals surface area contributed by atoms with Gasteiger partial charge in [-0.3, -0.25) is 4.57 Å². The molecule has 0 unspecified atom stereocenters. The van der Waals surface area contributed by atoms with Gasteiger partial charge < -0.3 is 18.8 Å². The van der Waals surface area contributed by atoms with Crippen LogP contribution in [0.4, 0.5) is 5.88 Å². The lowest BCUT2D eigenvalue weighted by atomic mass is 10.3. The largest absolute Gasteiger partial charge is 0.449 e.